The summed E-state index contributed by atoms with van der Waals surface area (Å²) in [5.41, 5.74) is 1.16. The molecule has 1 fully saturated rings. The maximum absolute atomic E-state index is 6.27. The van der Waals surface area contributed by atoms with Gasteiger partial charge in [0, 0.05) is 46.8 Å². The topological polar surface area (TPSA) is 42.9 Å². The molecule has 0 aliphatic carbocycles. The fraction of sp³-hybridized carbons (Fsp3) is 0.562. The number of halogens is 1. The third-order valence-electron chi connectivity index (χ3n) is 3.97. The molecule has 0 atom stereocenters. The number of guanidine groups is 1. The Balaban J connectivity index is 1.68. The van der Waals surface area contributed by atoms with Crippen LogP contribution < -0.4 is 15.5 Å². The van der Waals surface area contributed by atoms with E-state index in [9.17, 15) is 0 Å². The fourth-order valence-corrected chi connectivity index (χ4v) is 2.96. The van der Waals surface area contributed by atoms with Gasteiger partial charge < -0.3 is 15.5 Å². The van der Waals surface area contributed by atoms with Crippen LogP contribution in [-0.4, -0.2) is 64.2 Å². The molecule has 0 unspecified atom stereocenters. The van der Waals surface area contributed by atoms with Gasteiger partial charge in [-0.3, -0.25) is 9.89 Å². The summed E-state index contributed by atoms with van der Waals surface area (Å²) in [7, 11) is 3.66. The molecule has 1 saturated heterocycles. The third-order valence-corrected chi connectivity index (χ3v) is 4.29. The number of anilines is 1. The summed E-state index contributed by atoms with van der Waals surface area (Å²) < 4.78 is 0. The minimum atomic E-state index is 0.846. The van der Waals surface area contributed by atoms with Crippen molar-refractivity contribution in [3.8, 4) is 0 Å². The number of para-hydroxylation sites is 1. The molecule has 5 nitrogen and oxygen atoms in total. The summed E-state index contributed by atoms with van der Waals surface area (Å²) >= 11 is 6.27. The van der Waals surface area contributed by atoms with Crippen LogP contribution in [0.5, 0.6) is 0 Å². The molecule has 1 aromatic carbocycles. The Kier molecular flexibility index (Phi) is 6.80. The first kappa shape index (κ1) is 16.9. The van der Waals surface area contributed by atoms with Crippen molar-refractivity contribution in [2.24, 2.45) is 4.99 Å². The number of hydrogen-bond donors (Lipinski definition) is 2. The Morgan fingerprint density at radius 1 is 1.23 bits per heavy atom. The van der Waals surface area contributed by atoms with Crippen molar-refractivity contribution < 1.29 is 0 Å². The summed E-state index contributed by atoms with van der Waals surface area (Å²) in [6.45, 7) is 6.31. The Bertz CT molecular complexity index is 483. The van der Waals surface area contributed by atoms with Crippen LogP contribution in [-0.2, 0) is 0 Å². The summed E-state index contributed by atoms with van der Waals surface area (Å²) in [6, 6.07) is 8.09. The smallest absolute Gasteiger partial charge is 0.190 e. The largest absolute Gasteiger partial charge is 0.368 e. The van der Waals surface area contributed by atoms with Gasteiger partial charge in [0.15, 0.2) is 5.96 Å². The van der Waals surface area contributed by atoms with Crippen LogP contribution in [0.25, 0.3) is 0 Å². The van der Waals surface area contributed by atoms with Gasteiger partial charge in [-0.05, 0) is 25.1 Å². The van der Waals surface area contributed by atoms with E-state index in [1.807, 2.05) is 25.2 Å². The standard InChI is InChI=1S/C16H26ClN5/c1-18-16(19-2)20-8-5-9-21-10-12-22(13-11-21)15-7-4-3-6-14(15)17/h3-4,6-7H,5,8-13H2,1-2H3,(H2,18,19,20). The van der Waals surface area contributed by atoms with Gasteiger partial charge in [-0.1, -0.05) is 23.7 Å². The average Bonchev–Trinajstić information content (AvgIpc) is 2.56. The quantitative estimate of drug-likeness (QED) is 0.491. The minimum Gasteiger partial charge on any atom is -0.368 e. The Morgan fingerprint density at radius 3 is 2.59 bits per heavy atom. The number of rotatable bonds is 5. The normalized spacial score (nSPS) is 16.7. The second-order valence-corrected chi connectivity index (χ2v) is 5.79. The first-order chi connectivity index (χ1) is 10.7. The van der Waals surface area contributed by atoms with Gasteiger partial charge in [0.2, 0.25) is 0 Å². The lowest BCUT2D eigenvalue weighted by Crippen LogP contribution is -2.47. The predicted molar refractivity (Wildman–Crippen MR) is 95.1 cm³/mol. The van der Waals surface area contributed by atoms with E-state index in [4.69, 9.17) is 11.6 Å². The Hall–Kier alpha value is -1.46. The van der Waals surface area contributed by atoms with E-state index >= 15 is 0 Å². The van der Waals surface area contributed by atoms with Gasteiger partial charge >= 0.3 is 0 Å². The molecular formula is C16H26ClN5. The van der Waals surface area contributed by atoms with Crippen LogP contribution in [0.15, 0.2) is 29.3 Å². The maximum Gasteiger partial charge on any atom is 0.190 e. The number of hydrogen-bond acceptors (Lipinski definition) is 3. The highest BCUT2D eigenvalue weighted by Crippen LogP contribution is 2.25. The summed E-state index contributed by atoms with van der Waals surface area (Å²) in [5.74, 6) is 0.850. The molecule has 0 radical (unpaired) electrons. The molecule has 22 heavy (non-hydrogen) atoms. The van der Waals surface area contributed by atoms with Crippen molar-refractivity contribution in [2.45, 2.75) is 6.42 Å². The van der Waals surface area contributed by atoms with E-state index in [0.717, 1.165) is 62.4 Å². The molecule has 122 valence electrons. The average molecular weight is 324 g/mol. The molecule has 0 saturated carbocycles. The zero-order chi connectivity index (χ0) is 15.8. The summed E-state index contributed by atoms with van der Waals surface area (Å²) in [5, 5.41) is 7.16. The highest BCUT2D eigenvalue weighted by molar-refractivity contribution is 6.33. The van der Waals surface area contributed by atoms with Crippen LogP contribution in [0.3, 0.4) is 0 Å². The van der Waals surface area contributed by atoms with E-state index in [1.165, 1.54) is 0 Å². The lowest BCUT2D eigenvalue weighted by molar-refractivity contribution is 0.255. The number of nitrogens with zero attached hydrogens (tertiary/aromatic N) is 3. The molecule has 1 aromatic rings. The van der Waals surface area contributed by atoms with Gasteiger partial charge in [-0.2, -0.15) is 0 Å². The van der Waals surface area contributed by atoms with Gasteiger partial charge in [0.1, 0.15) is 0 Å². The lowest BCUT2D eigenvalue weighted by atomic mass is 10.2. The maximum atomic E-state index is 6.27. The zero-order valence-corrected chi connectivity index (χ0v) is 14.2. The Morgan fingerprint density at radius 2 is 1.95 bits per heavy atom. The molecule has 0 aromatic heterocycles. The van der Waals surface area contributed by atoms with Crippen molar-refractivity contribution in [2.75, 3.05) is 58.3 Å². The van der Waals surface area contributed by atoms with E-state index < -0.39 is 0 Å². The van der Waals surface area contributed by atoms with E-state index in [0.29, 0.717) is 0 Å². The lowest BCUT2D eigenvalue weighted by Gasteiger charge is -2.36. The van der Waals surface area contributed by atoms with Gasteiger partial charge in [-0.25, -0.2) is 0 Å². The number of benzene rings is 1. The molecule has 0 amide bonds. The van der Waals surface area contributed by atoms with Gasteiger partial charge in [-0.15, -0.1) is 0 Å². The zero-order valence-electron chi connectivity index (χ0n) is 13.5. The molecule has 0 bridgehead atoms. The highest BCUT2D eigenvalue weighted by Gasteiger charge is 2.18. The molecule has 1 heterocycles. The highest BCUT2D eigenvalue weighted by atomic mass is 35.5. The van der Waals surface area contributed by atoms with E-state index in [1.54, 1.807) is 7.05 Å². The van der Waals surface area contributed by atoms with Crippen LogP contribution in [0.2, 0.25) is 5.02 Å². The van der Waals surface area contributed by atoms with E-state index in [2.05, 4.69) is 31.5 Å². The molecule has 2 N–H and O–H groups in total. The molecule has 1 aliphatic heterocycles. The van der Waals surface area contributed by atoms with Crippen LogP contribution >= 0.6 is 11.6 Å². The number of piperazine rings is 1. The molecular weight excluding hydrogens is 298 g/mol. The minimum absolute atomic E-state index is 0.846. The summed E-state index contributed by atoms with van der Waals surface area (Å²) in [4.78, 5) is 8.99. The second kappa shape index (κ2) is 8.86. The van der Waals surface area contributed by atoms with Crippen LogP contribution in [0.4, 0.5) is 5.69 Å². The molecule has 2 rings (SSSR count). The number of aliphatic imine (C=N–C) groups is 1. The Labute approximate surface area is 138 Å². The van der Waals surface area contributed by atoms with Crippen LogP contribution in [0.1, 0.15) is 6.42 Å². The molecule has 6 heteroatoms. The molecule has 0 spiro atoms. The fourth-order valence-electron chi connectivity index (χ4n) is 2.71. The van der Waals surface area contributed by atoms with Crippen molar-refractivity contribution in [1.29, 1.82) is 0 Å². The first-order valence-electron chi connectivity index (χ1n) is 7.85. The SMILES string of the molecule is CN=C(NC)NCCCN1CCN(c2ccccc2Cl)CC1. The first-order valence-corrected chi connectivity index (χ1v) is 8.22. The number of nitrogens with one attached hydrogen (secondary N) is 2. The predicted octanol–water partition coefficient (Wildman–Crippen LogP) is 1.65. The molecule has 1 aliphatic rings. The van der Waals surface area contributed by atoms with Gasteiger partial charge in [0.25, 0.3) is 0 Å². The monoisotopic (exact) mass is 323 g/mol. The van der Waals surface area contributed by atoms with Crippen molar-refractivity contribution in [3.63, 3.8) is 0 Å². The van der Waals surface area contributed by atoms with E-state index in [-0.39, 0.29) is 0 Å². The summed E-state index contributed by atoms with van der Waals surface area (Å²) in [6.07, 6.45) is 1.12. The van der Waals surface area contributed by atoms with Crippen LogP contribution in [0, 0.1) is 0 Å². The van der Waals surface area contributed by atoms with Crippen molar-refractivity contribution >= 4 is 23.2 Å². The third kappa shape index (κ3) is 4.78. The van der Waals surface area contributed by atoms with Crippen molar-refractivity contribution in [1.82, 2.24) is 15.5 Å². The van der Waals surface area contributed by atoms with Gasteiger partial charge in [0.05, 0.1) is 10.7 Å². The second-order valence-electron chi connectivity index (χ2n) is 5.38. The van der Waals surface area contributed by atoms with Crippen molar-refractivity contribution in [3.05, 3.63) is 29.3 Å².